The topological polar surface area (TPSA) is 32.3 Å². The first-order valence-corrected chi connectivity index (χ1v) is 6.10. The van der Waals surface area contributed by atoms with Crippen LogP contribution >= 0.6 is 0 Å². The highest BCUT2D eigenvalue weighted by atomic mass is 127. The largest absolute Gasteiger partial charge is 1.00 e. The summed E-state index contributed by atoms with van der Waals surface area (Å²) in [5, 5.41) is 2.72. The molecule has 1 aliphatic heterocycles. The first-order chi connectivity index (χ1) is 8.46. The molecule has 0 spiro atoms. The molecule has 0 aliphatic carbocycles. The maximum atomic E-state index is 13.0. The van der Waals surface area contributed by atoms with Crippen LogP contribution in [0.1, 0.15) is 0 Å². The fraction of sp³-hybridized carbons (Fsp3) is 0.462. The standard InChI is InChI=1S/C13H18FN3O.HI/c1-17(2)8-6-16(7-9-17)13(18)15-12-5-3-4-11(14)10-12;/h3-5,10H,6-9H2,1-2H3;1H. The third kappa shape index (κ3) is 4.61. The number of quaternary nitrogens is 1. The molecule has 0 atom stereocenters. The van der Waals surface area contributed by atoms with E-state index in [-0.39, 0.29) is 35.8 Å². The van der Waals surface area contributed by atoms with Gasteiger partial charge >= 0.3 is 6.03 Å². The van der Waals surface area contributed by atoms with Gasteiger partial charge in [-0.25, -0.2) is 9.18 Å². The summed E-state index contributed by atoms with van der Waals surface area (Å²) >= 11 is 0. The average Bonchev–Trinajstić information content (AvgIpc) is 2.28. The van der Waals surface area contributed by atoms with Crippen molar-refractivity contribution in [2.24, 2.45) is 0 Å². The quantitative estimate of drug-likeness (QED) is 0.480. The van der Waals surface area contributed by atoms with Gasteiger partial charge in [0.05, 0.1) is 40.3 Å². The van der Waals surface area contributed by atoms with Gasteiger partial charge in [0.2, 0.25) is 0 Å². The van der Waals surface area contributed by atoms with Crippen molar-refractivity contribution in [2.45, 2.75) is 0 Å². The molecule has 0 radical (unpaired) electrons. The van der Waals surface area contributed by atoms with Gasteiger partial charge in [0.1, 0.15) is 5.82 Å². The van der Waals surface area contributed by atoms with Gasteiger partial charge < -0.3 is 38.7 Å². The van der Waals surface area contributed by atoms with E-state index in [9.17, 15) is 9.18 Å². The number of benzene rings is 1. The van der Waals surface area contributed by atoms with Gasteiger partial charge in [-0.15, -0.1) is 0 Å². The Kier molecular flexibility index (Phi) is 5.54. The Balaban J connectivity index is 0.00000180. The lowest BCUT2D eigenvalue weighted by molar-refractivity contribution is -0.894. The summed E-state index contributed by atoms with van der Waals surface area (Å²) in [6.07, 6.45) is 0. The Hall–Kier alpha value is -0.890. The van der Waals surface area contributed by atoms with E-state index in [1.165, 1.54) is 12.1 Å². The number of carbonyl (C=O) groups excluding carboxylic acids is 1. The van der Waals surface area contributed by atoms with Crippen LogP contribution in [-0.4, -0.2) is 55.7 Å². The number of nitrogens with one attached hydrogen (secondary N) is 1. The zero-order valence-electron chi connectivity index (χ0n) is 11.2. The van der Waals surface area contributed by atoms with Crippen molar-refractivity contribution in [2.75, 3.05) is 45.6 Å². The lowest BCUT2D eigenvalue weighted by Crippen LogP contribution is -3.00. The van der Waals surface area contributed by atoms with Crippen molar-refractivity contribution in [3.63, 3.8) is 0 Å². The molecule has 1 aromatic rings. The molecule has 0 unspecified atom stereocenters. The smallest absolute Gasteiger partial charge is 0.322 e. The number of piperazine rings is 1. The molecule has 6 heteroatoms. The molecule has 0 bridgehead atoms. The monoisotopic (exact) mass is 379 g/mol. The van der Waals surface area contributed by atoms with Crippen molar-refractivity contribution >= 4 is 11.7 Å². The molecule has 1 N–H and O–H groups in total. The van der Waals surface area contributed by atoms with E-state index in [1.807, 2.05) is 0 Å². The Morgan fingerprint density at radius 3 is 2.53 bits per heavy atom. The van der Waals surface area contributed by atoms with Crippen molar-refractivity contribution in [3.8, 4) is 0 Å². The molecule has 2 amide bonds. The van der Waals surface area contributed by atoms with Crippen LogP contribution in [-0.2, 0) is 0 Å². The zero-order chi connectivity index (χ0) is 13.2. The molecule has 0 aromatic heterocycles. The number of nitrogens with zero attached hydrogens (tertiary/aromatic N) is 2. The third-order valence-corrected chi connectivity index (χ3v) is 3.31. The predicted octanol–water partition coefficient (Wildman–Crippen LogP) is -1.25. The molecule has 2 rings (SSSR count). The van der Waals surface area contributed by atoms with Crippen molar-refractivity contribution in [3.05, 3.63) is 30.1 Å². The van der Waals surface area contributed by atoms with Gasteiger partial charge in [-0.2, -0.15) is 0 Å². The van der Waals surface area contributed by atoms with E-state index in [4.69, 9.17) is 0 Å². The Morgan fingerprint density at radius 2 is 1.95 bits per heavy atom. The van der Waals surface area contributed by atoms with Crippen molar-refractivity contribution < 1.29 is 37.6 Å². The maximum absolute atomic E-state index is 13.0. The number of hydrogen-bond donors (Lipinski definition) is 1. The van der Waals surface area contributed by atoms with Crippen LogP contribution in [0.2, 0.25) is 0 Å². The number of urea groups is 1. The minimum Gasteiger partial charge on any atom is -1.00 e. The SMILES string of the molecule is C[N+]1(C)CCN(C(=O)Nc2cccc(F)c2)CC1.[I-]. The molecule has 4 nitrogen and oxygen atoms in total. The molecular weight excluding hydrogens is 360 g/mol. The third-order valence-electron chi connectivity index (χ3n) is 3.31. The number of rotatable bonds is 1. The van der Waals surface area contributed by atoms with Crippen LogP contribution in [0.3, 0.4) is 0 Å². The van der Waals surface area contributed by atoms with E-state index in [1.54, 1.807) is 17.0 Å². The number of amides is 2. The lowest BCUT2D eigenvalue weighted by Gasteiger charge is -2.38. The molecular formula is C13H19FIN3O. The summed E-state index contributed by atoms with van der Waals surface area (Å²) < 4.78 is 13.9. The number of halogens is 2. The molecule has 1 heterocycles. The Bertz CT molecular complexity index is 443. The Labute approximate surface area is 130 Å². The Morgan fingerprint density at radius 1 is 1.32 bits per heavy atom. The van der Waals surface area contributed by atoms with Gasteiger partial charge in [0, 0.05) is 5.69 Å². The first-order valence-electron chi connectivity index (χ1n) is 6.10. The van der Waals surface area contributed by atoms with Crippen LogP contribution in [0.15, 0.2) is 24.3 Å². The highest BCUT2D eigenvalue weighted by Crippen LogP contribution is 2.12. The van der Waals surface area contributed by atoms with Gasteiger partial charge in [-0.3, -0.25) is 0 Å². The van der Waals surface area contributed by atoms with Crippen LogP contribution in [0.5, 0.6) is 0 Å². The van der Waals surface area contributed by atoms with Crippen LogP contribution in [0.25, 0.3) is 0 Å². The summed E-state index contributed by atoms with van der Waals surface area (Å²) in [5.74, 6) is -0.343. The molecule has 1 aromatic carbocycles. The van der Waals surface area contributed by atoms with E-state index in [0.29, 0.717) is 5.69 Å². The first kappa shape index (κ1) is 16.2. The van der Waals surface area contributed by atoms with Crippen molar-refractivity contribution in [1.29, 1.82) is 0 Å². The van der Waals surface area contributed by atoms with E-state index >= 15 is 0 Å². The summed E-state index contributed by atoms with van der Waals surface area (Å²) in [6, 6.07) is 5.80. The number of likely N-dealkylation sites (N-methyl/N-ethyl adjacent to an activating group) is 1. The van der Waals surface area contributed by atoms with Crippen molar-refractivity contribution in [1.82, 2.24) is 4.90 Å². The maximum Gasteiger partial charge on any atom is 0.322 e. The van der Waals surface area contributed by atoms with E-state index in [2.05, 4.69) is 19.4 Å². The molecule has 1 saturated heterocycles. The zero-order valence-corrected chi connectivity index (χ0v) is 13.4. The molecule has 0 saturated carbocycles. The number of hydrogen-bond acceptors (Lipinski definition) is 1. The summed E-state index contributed by atoms with van der Waals surface area (Å²) in [6.45, 7) is 3.34. The average molecular weight is 379 g/mol. The van der Waals surface area contributed by atoms with Crippen LogP contribution in [0.4, 0.5) is 14.9 Å². The number of carbonyl (C=O) groups is 1. The van der Waals surface area contributed by atoms with E-state index in [0.717, 1.165) is 30.7 Å². The second kappa shape index (κ2) is 6.51. The van der Waals surface area contributed by atoms with Crippen LogP contribution in [0, 0.1) is 5.82 Å². The summed E-state index contributed by atoms with van der Waals surface area (Å²) in [4.78, 5) is 13.7. The molecule has 1 aliphatic rings. The summed E-state index contributed by atoms with van der Waals surface area (Å²) in [7, 11) is 4.31. The summed E-state index contributed by atoms with van der Waals surface area (Å²) in [5.41, 5.74) is 0.499. The highest BCUT2D eigenvalue weighted by molar-refractivity contribution is 5.89. The molecule has 1 fully saturated rings. The van der Waals surface area contributed by atoms with Crippen LogP contribution < -0.4 is 29.3 Å². The molecule has 106 valence electrons. The van der Waals surface area contributed by atoms with E-state index < -0.39 is 0 Å². The fourth-order valence-electron chi connectivity index (χ4n) is 1.98. The van der Waals surface area contributed by atoms with Gasteiger partial charge in [0.25, 0.3) is 0 Å². The molecule has 19 heavy (non-hydrogen) atoms. The minimum absolute atomic E-state index is 0. The van der Waals surface area contributed by atoms with Gasteiger partial charge in [-0.1, -0.05) is 6.07 Å². The highest BCUT2D eigenvalue weighted by Gasteiger charge is 2.27. The second-order valence-corrected chi connectivity index (χ2v) is 5.31. The van der Waals surface area contributed by atoms with Gasteiger partial charge in [-0.05, 0) is 18.2 Å². The van der Waals surface area contributed by atoms with Gasteiger partial charge in [0.15, 0.2) is 0 Å². The number of anilines is 1. The fourth-order valence-corrected chi connectivity index (χ4v) is 1.98. The minimum atomic E-state index is -0.343. The normalized spacial score (nSPS) is 17.5. The lowest BCUT2D eigenvalue weighted by atomic mass is 10.3. The predicted molar refractivity (Wildman–Crippen MR) is 68.8 cm³/mol. The second-order valence-electron chi connectivity index (χ2n) is 5.31.